The summed E-state index contributed by atoms with van der Waals surface area (Å²) in [6.45, 7) is 3.89. The van der Waals surface area contributed by atoms with Gasteiger partial charge in [0.1, 0.15) is 17.6 Å². The van der Waals surface area contributed by atoms with Crippen molar-refractivity contribution in [2.24, 2.45) is 0 Å². The van der Waals surface area contributed by atoms with Crippen LogP contribution in [0.3, 0.4) is 0 Å². The molecule has 1 heterocycles. The standard InChI is InChI=1S/C13H15NO3/c1-3-13(15)14-8-11-7-9-6-10(16-2)4-5-12(9)17-11/h3-6,11H,1,7-8H2,2H3,(H,14,15). The first kappa shape index (κ1) is 11.5. The van der Waals surface area contributed by atoms with E-state index in [9.17, 15) is 4.79 Å². The number of carbonyl (C=O) groups is 1. The zero-order valence-electron chi connectivity index (χ0n) is 9.73. The van der Waals surface area contributed by atoms with Crippen molar-refractivity contribution in [3.05, 3.63) is 36.4 Å². The molecule has 0 aliphatic carbocycles. The number of hydrogen-bond acceptors (Lipinski definition) is 3. The van der Waals surface area contributed by atoms with E-state index >= 15 is 0 Å². The van der Waals surface area contributed by atoms with Crippen LogP contribution in [0.25, 0.3) is 0 Å². The highest BCUT2D eigenvalue weighted by atomic mass is 16.5. The molecule has 1 unspecified atom stereocenters. The van der Waals surface area contributed by atoms with Gasteiger partial charge in [-0.1, -0.05) is 6.58 Å². The van der Waals surface area contributed by atoms with E-state index in [0.717, 1.165) is 23.5 Å². The number of methoxy groups -OCH3 is 1. The van der Waals surface area contributed by atoms with Crippen molar-refractivity contribution in [1.29, 1.82) is 0 Å². The summed E-state index contributed by atoms with van der Waals surface area (Å²) in [4.78, 5) is 11.0. The third-order valence-electron chi connectivity index (χ3n) is 2.70. The molecule has 1 amide bonds. The molecule has 1 aromatic rings. The number of benzene rings is 1. The summed E-state index contributed by atoms with van der Waals surface area (Å²) in [5.74, 6) is 1.51. The molecule has 1 N–H and O–H groups in total. The van der Waals surface area contributed by atoms with Crippen LogP contribution in [-0.4, -0.2) is 25.7 Å². The van der Waals surface area contributed by atoms with Crippen LogP contribution in [0.2, 0.25) is 0 Å². The van der Waals surface area contributed by atoms with E-state index in [0.29, 0.717) is 6.54 Å². The van der Waals surface area contributed by atoms with E-state index < -0.39 is 0 Å². The lowest BCUT2D eigenvalue weighted by Gasteiger charge is -2.10. The van der Waals surface area contributed by atoms with Gasteiger partial charge in [0.15, 0.2) is 0 Å². The second kappa shape index (κ2) is 4.91. The number of carbonyl (C=O) groups excluding carboxylic acids is 1. The van der Waals surface area contributed by atoms with Crippen LogP contribution < -0.4 is 14.8 Å². The van der Waals surface area contributed by atoms with E-state index in [1.54, 1.807) is 7.11 Å². The third kappa shape index (κ3) is 2.58. The fourth-order valence-electron chi connectivity index (χ4n) is 1.82. The van der Waals surface area contributed by atoms with Crippen LogP contribution in [-0.2, 0) is 11.2 Å². The maximum absolute atomic E-state index is 11.0. The van der Waals surface area contributed by atoms with Gasteiger partial charge in [0, 0.05) is 12.0 Å². The summed E-state index contributed by atoms with van der Waals surface area (Å²) in [5.41, 5.74) is 1.11. The molecule has 1 aliphatic rings. The zero-order chi connectivity index (χ0) is 12.3. The Balaban J connectivity index is 1.96. The predicted molar refractivity (Wildman–Crippen MR) is 64.3 cm³/mol. The Bertz CT molecular complexity index is 442. The lowest BCUT2D eigenvalue weighted by molar-refractivity contribution is -0.116. The van der Waals surface area contributed by atoms with Crippen molar-refractivity contribution in [3.63, 3.8) is 0 Å². The number of hydrogen-bond donors (Lipinski definition) is 1. The van der Waals surface area contributed by atoms with E-state index in [4.69, 9.17) is 9.47 Å². The van der Waals surface area contributed by atoms with Crippen LogP contribution in [0.15, 0.2) is 30.9 Å². The molecule has 17 heavy (non-hydrogen) atoms. The van der Waals surface area contributed by atoms with Crippen molar-refractivity contribution >= 4 is 5.91 Å². The second-order valence-corrected chi connectivity index (χ2v) is 3.87. The van der Waals surface area contributed by atoms with Crippen LogP contribution >= 0.6 is 0 Å². The summed E-state index contributed by atoms with van der Waals surface area (Å²) in [7, 11) is 1.64. The van der Waals surface area contributed by atoms with Gasteiger partial charge < -0.3 is 14.8 Å². The summed E-state index contributed by atoms with van der Waals surface area (Å²) >= 11 is 0. The Morgan fingerprint density at radius 2 is 2.53 bits per heavy atom. The first-order valence-corrected chi connectivity index (χ1v) is 5.46. The normalized spacial score (nSPS) is 16.9. The minimum Gasteiger partial charge on any atom is -0.497 e. The monoisotopic (exact) mass is 233 g/mol. The van der Waals surface area contributed by atoms with Crippen LogP contribution in [0, 0.1) is 0 Å². The summed E-state index contributed by atoms with van der Waals surface area (Å²) in [6.07, 6.45) is 2.02. The molecule has 90 valence electrons. The molecule has 0 radical (unpaired) electrons. The first-order valence-electron chi connectivity index (χ1n) is 5.46. The maximum atomic E-state index is 11.0. The van der Waals surface area contributed by atoms with Gasteiger partial charge >= 0.3 is 0 Å². The Morgan fingerprint density at radius 1 is 1.71 bits per heavy atom. The summed E-state index contributed by atoms with van der Waals surface area (Å²) < 4.78 is 10.8. The van der Waals surface area contributed by atoms with E-state index in [2.05, 4.69) is 11.9 Å². The van der Waals surface area contributed by atoms with Crippen molar-refractivity contribution in [1.82, 2.24) is 5.32 Å². The number of fused-ring (bicyclic) bond motifs is 1. The highest BCUT2D eigenvalue weighted by Gasteiger charge is 2.23. The molecule has 0 fully saturated rings. The second-order valence-electron chi connectivity index (χ2n) is 3.87. The van der Waals surface area contributed by atoms with E-state index in [1.165, 1.54) is 6.08 Å². The highest BCUT2D eigenvalue weighted by Crippen LogP contribution is 2.31. The van der Waals surface area contributed by atoms with Gasteiger partial charge in [0.05, 0.1) is 13.7 Å². The molecule has 0 bridgehead atoms. The Morgan fingerprint density at radius 3 is 3.24 bits per heavy atom. The maximum Gasteiger partial charge on any atom is 0.243 e. The first-order chi connectivity index (χ1) is 8.22. The lowest BCUT2D eigenvalue weighted by atomic mass is 10.1. The van der Waals surface area contributed by atoms with Crippen molar-refractivity contribution in [2.75, 3.05) is 13.7 Å². The molecule has 4 nitrogen and oxygen atoms in total. The lowest BCUT2D eigenvalue weighted by Crippen LogP contribution is -2.33. The number of rotatable bonds is 4. The molecule has 0 aromatic heterocycles. The average molecular weight is 233 g/mol. The summed E-state index contributed by atoms with van der Waals surface area (Å²) in [5, 5.41) is 2.72. The van der Waals surface area contributed by atoms with Crippen LogP contribution in [0.1, 0.15) is 5.56 Å². The third-order valence-corrected chi connectivity index (χ3v) is 2.70. The minimum absolute atomic E-state index is 0.0130. The molecule has 1 atom stereocenters. The van der Waals surface area contributed by atoms with Crippen molar-refractivity contribution in [3.8, 4) is 11.5 Å². The fourth-order valence-corrected chi connectivity index (χ4v) is 1.82. The van der Waals surface area contributed by atoms with Gasteiger partial charge in [-0.25, -0.2) is 0 Å². The molecule has 0 saturated carbocycles. The molecule has 1 aliphatic heterocycles. The number of amides is 1. The van der Waals surface area contributed by atoms with E-state index in [1.807, 2.05) is 18.2 Å². The highest BCUT2D eigenvalue weighted by molar-refractivity contribution is 5.86. The van der Waals surface area contributed by atoms with Gasteiger partial charge in [-0.3, -0.25) is 4.79 Å². The molecule has 0 spiro atoms. The molecule has 1 aromatic carbocycles. The number of nitrogens with one attached hydrogen (secondary N) is 1. The molecular weight excluding hydrogens is 218 g/mol. The quantitative estimate of drug-likeness (QED) is 0.797. The Labute approximate surface area is 100 Å². The van der Waals surface area contributed by atoms with Crippen LogP contribution in [0.4, 0.5) is 0 Å². The Kier molecular flexibility index (Phi) is 3.32. The van der Waals surface area contributed by atoms with Gasteiger partial charge in [0.25, 0.3) is 0 Å². The van der Waals surface area contributed by atoms with Gasteiger partial charge in [-0.2, -0.15) is 0 Å². The SMILES string of the molecule is C=CC(=O)NCC1Cc2cc(OC)ccc2O1. The zero-order valence-corrected chi connectivity index (χ0v) is 9.73. The topological polar surface area (TPSA) is 47.6 Å². The fraction of sp³-hybridized carbons (Fsp3) is 0.308. The summed E-state index contributed by atoms with van der Waals surface area (Å²) in [6, 6.07) is 5.72. The van der Waals surface area contributed by atoms with Gasteiger partial charge in [0.2, 0.25) is 5.91 Å². The molecule has 0 saturated heterocycles. The van der Waals surface area contributed by atoms with E-state index in [-0.39, 0.29) is 12.0 Å². The molecule has 2 rings (SSSR count). The van der Waals surface area contributed by atoms with Gasteiger partial charge in [-0.05, 0) is 24.3 Å². The molecule has 4 heteroatoms. The predicted octanol–water partition coefficient (Wildman–Crippen LogP) is 1.30. The van der Waals surface area contributed by atoms with Gasteiger partial charge in [-0.15, -0.1) is 0 Å². The number of ether oxygens (including phenoxy) is 2. The van der Waals surface area contributed by atoms with Crippen molar-refractivity contribution in [2.45, 2.75) is 12.5 Å². The van der Waals surface area contributed by atoms with Crippen molar-refractivity contribution < 1.29 is 14.3 Å². The Hall–Kier alpha value is -1.97. The van der Waals surface area contributed by atoms with Crippen LogP contribution in [0.5, 0.6) is 11.5 Å². The largest absolute Gasteiger partial charge is 0.497 e. The minimum atomic E-state index is -0.179. The smallest absolute Gasteiger partial charge is 0.243 e. The average Bonchev–Trinajstić information content (AvgIpc) is 2.77. The molecular formula is C13H15NO3.